The second kappa shape index (κ2) is 5.39. The van der Waals surface area contributed by atoms with Gasteiger partial charge in [-0.1, -0.05) is 18.2 Å². The van der Waals surface area contributed by atoms with Crippen molar-refractivity contribution < 1.29 is 15.0 Å². The van der Waals surface area contributed by atoms with Crippen molar-refractivity contribution in [3.05, 3.63) is 35.9 Å². The number of carbonyl (C=O) groups excluding carboxylic acids is 1. The highest BCUT2D eigenvalue weighted by Crippen LogP contribution is 2.27. The zero-order chi connectivity index (χ0) is 13.0. The lowest BCUT2D eigenvalue weighted by atomic mass is 10.1. The summed E-state index contributed by atoms with van der Waals surface area (Å²) in [4.78, 5) is 13.6. The molecule has 0 fully saturated rings. The SMILES string of the molecule is C=C(C)CN(CC)C(=O)c1c(O)cccc1O. The highest BCUT2D eigenvalue weighted by molar-refractivity contribution is 5.99. The molecule has 0 aromatic heterocycles. The normalized spacial score (nSPS) is 10.0. The average Bonchev–Trinajstić information content (AvgIpc) is 2.25. The number of hydrogen-bond donors (Lipinski definition) is 2. The standard InChI is InChI=1S/C13H17NO3/c1-4-14(8-9(2)3)13(17)12-10(15)6-5-7-11(12)16/h5-7,15-16H,2,4,8H2,1,3H3. The maximum absolute atomic E-state index is 12.1. The highest BCUT2D eigenvalue weighted by atomic mass is 16.3. The number of amides is 1. The molecule has 0 aliphatic heterocycles. The van der Waals surface area contributed by atoms with E-state index in [0.717, 1.165) is 5.57 Å². The molecule has 17 heavy (non-hydrogen) atoms. The summed E-state index contributed by atoms with van der Waals surface area (Å²) < 4.78 is 0. The smallest absolute Gasteiger partial charge is 0.261 e. The number of aromatic hydroxyl groups is 2. The molecule has 0 atom stereocenters. The first-order valence-electron chi connectivity index (χ1n) is 5.42. The van der Waals surface area contributed by atoms with Gasteiger partial charge in [-0.25, -0.2) is 0 Å². The first-order chi connectivity index (χ1) is 7.97. The molecule has 0 unspecified atom stereocenters. The van der Waals surface area contributed by atoms with Crippen molar-refractivity contribution in [3.63, 3.8) is 0 Å². The van der Waals surface area contributed by atoms with Crippen LogP contribution in [-0.4, -0.2) is 34.1 Å². The molecule has 1 amide bonds. The third-order valence-corrected chi connectivity index (χ3v) is 2.36. The van der Waals surface area contributed by atoms with Gasteiger partial charge in [0, 0.05) is 13.1 Å². The molecule has 1 aromatic rings. The Labute approximate surface area is 101 Å². The highest BCUT2D eigenvalue weighted by Gasteiger charge is 2.21. The van der Waals surface area contributed by atoms with Crippen LogP contribution in [0.3, 0.4) is 0 Å². The van der Waals surface area contributed by atoms with Gasteiger partial charge in [-0.05, 0) is 26.0 Å². The molecule has 0 radical (unpaired) electrons. The molecule has 1 aromatic carbocycles. The summed E-state index contributed by atoms with van der Waals surface area (Å²) in [5.41, 5.74) is 0.783. The zero-order valence-electron chi connectivity index (χ0n) is 10.1. The van der Waals surface area contributed by atoms with Crippen LogP contribution in [0.4, 0.5) is 0 Å². The monoisotopic (exact) mass is 235 g/mol. The van der Waals surface area contributed by atoms with Gasteiger partial charge in [-0.3, -0.25) is 4.79 Å². The van der Waals surface area contributed by atoms with Crippen molar-refractivity contribution in [2.75, 3.05) is 13.1 Å². The minimum Gasteiger partial charge on any atom is -0.507 e. The van der Waals surface area contributed by atoms with Crippen LogP contribution >= 0.6 is 0 Å². The maximum atomic E-state index is 12.1. The predicted molar refractivity (Wildman–Crippen MR) is 66.2 cm³/mol. The van der Waals surface area contributed by atoms with Crippen LogP contribution in [0, 0.1) is 0 Å². The quantitative estimate of drug-likeness (QED) is 0.786. The Balaban J connectivity index is 3.06. The summed E-state index contributed by atoms with van der Waals surface area (Å²) in [7, 11) is 0. The number of benzene rings is 1. The lowest BCUT2D eigenvalue weighted by molar-refractivity contribution is 0.0772. The van der Waals surface area contributed by atoms with E-state index in [9.17, 15) is 15.0 Å². The molecule has 0 bridgehead atoms. The van der Waals surface area contributed by atoms with E-state index >= 15 is 0 Å². The van der Waals surface area contributed by atoms with E-state index in [0.29, 0.717) is 13.1 Å². The van der Waals surface area contributed by atoms with E-state index in [4.69, 9.17) is 0 Å². The van der Waals surface area contributed by atoms with Crippen molar-refractivity contribution in [3.8, 4) is 11.5 Å². The van der Waals surface area contributed by atoms with E-state index in [1.54, 1.807) is 0 Å². The first-order valence-corrected chi connectivity index (χ1v) is 5.42. The predicted octanol–water partition coefficient (Wildman–Crippen LogP) is 2.14. The summed E-state index contributed by atoms with van der Waals surface area (Å²) in [6.07, 6.45) is 0. The molecular formula is C13H17NO3. The topological polar surface area (TPSA) is 60.8 Å². The van der Waals surface area contributed by atoms with Crippen molar-refractivity contribution >= 4 is 5.91 Å². The molecular weight excluding hydrogens is 218 g/mol. The van der Waals surface area contributed by atoms with E-state index in [-0.39, 0.29) is 17.1 Å². The Morgan fingerprint density at radius 3 is 2.29 bits per heavy atom. The number of nitrogens with zero attached hydrogens (tertiary/aromatic N) is 1. The minimum absolute atomic E-state index is 0.0596. The van der Waals surface area contributed by atoms with Crippen LogP contribution < -0.4 is 0 Å². The molecule has 4 heteroatoms. The van der Waals surface area contributed by atoms with Crippen LogP contribution in [0.15, 0.2) is 30.4 Å². The Kier molecular flexibility index (Phi) is 4.15. The Morgan fingerprint density at radius 1 is 1.35 bits per heavy atom. The number of likely N-dealkylation sites (N-methyl/N-ethyl adjacent to an activating group) is 1. The molecule has 0 saturated heterocycles. The molecule has 0 saturated carbocycles. The molecule has 92 valence electrons. The third kappa shape index (κ3) is 3.00. The molecule has 2 N–H and O–H groups in total. The molecule has 1 rings (SSSR count). The van der Waals surface area contributed by atoms with Crippen molar-refractivity contribution in [2.45, 2.75) is 13.8 Å². The van der Waals surface area contributed by atoms with Gasteiger partial charge in [0.05, 0.1) is 0 Å². The van der Waals surface area contributed by atoms with Crippen LogP contribution in [0.5, 0.6) is 11.5 Å². The Hall–Kier alpha value is -1.97. The number of carbonyl (C=O) groups is 1. The van der Waals surface area contributed by atoms with E-state index in [2.05, 4.69) is 6.58 Å². The number of phenols is 2. The maximum Gasteiger partial charge on any atom is 0.261 e. The van der Waals surface area contributed by atoms with Crippen LogP contribution in [0.25, 0.3) is 0 Å². The van der Waals surface area contributed by atoms with Crippen molar-refractivity contribution in [1.29, 1.82) is 0 Å². The van der Waals surface area contributed by atoms with E-state index < -0.39 is 5.91 Å². The van der Waals surface area contributed by atoms with Crippen LogP contribution in [0.2, 0.25) is 0 Å². The number of phenolic OH excluding ortho intramolecular Hbond substituents is 2. The van der Waals surface area contributed by atoms with E-state index in [1.807, 2.05) is 13.8 Å². The lowest BCUT2D eigenvalue weighted by Crippen LogP contribution is -2.32. The molecule has 0 heterocycles. The first kappa shape index (κ1) is 13.1. The summed E-state index contributed by atoms with van der Waals surface area (Å²) in [6.45, 7) is 8.29. The second-order valence-corrected chi connectivity index (χ2v) is 3.95. The van der Waals surface area contributed by atoms with Crippen LogP contribution in [0.1, 0.15) is 24.2 Å². The largest absolute Gasteiger partial charge is 0.507 e. The second-order valence-electron chi connectivity index (χ2n) is 3.95. The van der Waals surface area contributed by atoms with Crippen molar-refractivity contribution in [2.24, 2.45) is 0 Å². The summed E-state index contributed by atoms with van der Waals surface area (Å²) in [6, 6.07) is 4.24. The lowest BCUT2D eigenvalue weighted by Gasteiger charge is -2.21. The van der Waals surface area contributed by atoms with Gasteiger partial charge in [0.2, 0.25) is 0 Å². The summed E-state index contributed by atoms with van der Waals surface area (Å²) in [5.74, 6) is -0.823. The van der Waals surface area contributed by atoms with Crippen molar-refractivity contribution in [1.82, 2.24) is 4.90 Å². The third-order valence-electron chi connectivity index (χ3n) is 2.36. The van der Waals surface area contributed by atoms with E-state index in [1.165, 1.54) is 23.1 Å². The Morgan fingerprint density at radius 2 is 1.88 bits per heavy atom. The number of hydrogen-bond acceptors (Lipinski definition) is 3. The fourth-order valence-corrected chi connectivity index (χ4v) is 1.56. The van der Waals surface area contributed by atoms with Gasteiger partial charge in [-0.2, -0.15) is 0 Å². The molecule has 0 aliphatic rings. The minimum atomic E-state index is -0.397. The fourth-order valence-electron chi connectivity index (χ4n) is 1.56. The van der Waals surface area contributed by atoms with Gasteiger partial charge >= 0.3 is 0 Å². The van der Waals surface area contributed by atoms with Gasteiger partial charge in [0.1, 0.15) is 17.1 Å². The van der Waals surface area contributed by atoms with Gasteiger partial charge in [-0.15, -0.1) is 0 Å². The van der Waals surface area contributed by atoms with Gasteiger partial charge < -0.3 is 15.1 Å². The summed E-state index contributed by atoms with van der Waals surface area (Å²) >= 11 is 0. The molecule has 4 nitrogen and oxygen atoms in total. The molecule has 0 spiro atoms. The molecule has 0 aliphatic carbocycles. The zero-order valence-corrected chi connectivity index (χ0v) is 10.1. The average molecular weight is 235 g/mol. The van der Waals surface area contributed by atoms with Gasteiger partial charge in [0.15, 0.2) is 0 Å². The fraction of sp³-hybridized carbons (Fsp3) is 0.308. The van der Waals surface area contributed by atoms with Gasteiger partial charge in [0.25, 0.3) is 5.91 Å². The summed E-state index contributed by atoms with van der Waals surface area (Å²) in [5, 5.41) is 19.2. The Bertz CT molecular complexity index is 420. The van der Waals surface area contributed by atoms with Crippen LogP contribution in [-0.2, 0) is 0 Å². The number of rotatable bonds is 4.